The summed E-state index contributed by atoms with van der Waals surface area (Å²) >= 11 is 0.864. The van der Waals surface area contributed by atoms with Crippen LogP contribution in [0.2, 0.25) is 0 Å². The van der Waals surface area contributed by atoms with E-state index in [0.29, 0.717) is 0 Å². The number of carboxylic acid groups (broad SMARTS) is 1. The molecule has 1 aromatic carbocycles. The zero-order valence-electron chi connectivity index (χ0n) is 13.3. The van der Waals surface area contributed by atoms with Crippen molar-refractivity contribution in [3.63, 3.8) is 0 Å². The summed E-state index contributed by atoms with van der Waals surface area (Å²) in [5.41, 5.74) is 1.69. The van der Waals surface area contributed by atoms with Gasteiger partial charge in [0.1, 0.15) is 11.6 Å². The number of anilines is 1. The Labute approximate surface area is 143 Å². The summed E-state index contributed by atoms with van der Waals surface area (Å²) in [7, 11) is 3.11. The van der Waals surface area contributed by atoms with Crippen LogP contribution in [0.4, 0.5) is 9.80 Å². The van der Waals surface area contributed by atoms with Crippen molar-refractivity contribution in [2.45, 2.75) is 6.61 Å². The van der Waals surface area contributed by atoms with E-state index in [1.54, 1.807) is 20.2 Å². The van der Waals surface area contributed by atoms with Gasteiger partial charge in [-0.3, -0.25) is 5.32 Å². The molecule has 0 unspecified atom stereocenters. The third-order valence-electron chi connectivity index (χ3n) is 3.09. The van der Waals surface area contributed by atoms with Crippen molar-refractivity contribution in [2.75, 3.05) is 19.4 Å². The molecule has 1 heterocycles. The number of rotatable bonds is 6. The number of aromatic nitrogens is 1. The Kier molecular flexibility index (Phi) is 5.54. The summed E-state index contributed by atoms with van der Waals surface area (Å²) in [6, 6.07) is 7.05. The summed E-state index contributed by atoms with van der Waals surface area (Å²) in [4.78, 5) is 24.4. The Morgan fingerprint density at radius 1 is 1.38 bits per heavy atom. The summed E-state index contributed by atoms with van der Waals surface area (Å²) in [6.45, 7) is 3.85. The Hall–Kier alpha value is -2.87. The molecule has 2 rings (SSSR count). The highest BCUT2D eigenvalue weighted by Gasteiger charge is 2.23. The number of carboxylic acids is 1. The molecule has 0 fully saturated rings. The number of nitrogens with zero attached hydrogens (tertiary/aromatic N) is 2. The molecular formula is C16H17N3O4S. The van der Waals surface area contributed by atoms with E-state index in [0.717, 1.165) is 22.7 Å². The van der Waals surface area contributed by atoms with Crippen molar-refractivity contribution in [3.8, 4) is 5.88 Å². The molecule has 0 radical (unpaired) electrons. The van der Waals surface area contributed by atoms with Crippen LogP contribution in [0.5, 0.6) is 5.88 Å². The Morgan fingerprint density at radius 2 is 2.04 bits per heavy atom. The van der Waals surface area contributed by atoms with E-state index in [-0.39, 0.29) is 23.1 Å². The van der Waals surface area contributed by atoms with E-state index in [1.165, 1.54) is 4.90 Å². The fourth-order valence-corrected chi connectivity index (χ4v) is 2.48. The topological polar surface area (TPSA) is 91.8 Å². The molecule has 0 spiro atoms. The molecule has 0 aliphatic carbocycles. The van der Waals surface area contributed by atoms with Gasteiger partial charge in [0.2, 0.25) is 5.88 Å². The molecule has 0 bridgehead atoms. The molecule has 0 aliphatic heterocycles. The zero-order valence-corrected chi connectivity index (χ0v) is 14.1. The summed E-state index contributed by atoms with van der Waals surface area (Å²) in [5.74, 6) is -1.23. The Bertz CT molecular complexity index is 753. The van der Waals surface area contributed by atoms with Crippen LogP contribution in [0.15, 0.2) is 30.8 Å². The standard InChI is InChI=1S/C16H17N3O4S/c1-4-10-5-7-11(8-6-10)9-23-13-12(15(20)21)14(24-18-13)17-16(22)19(2)3/h4-8H,1,9H2,2-3H3,(H,17,22)(H,20,21). The van der Waals surface area contributed by atoms with E-state index in [4.69, 9.17) is 4.74 Å². The van der Waals surface area contributed by atoms with Gasteiger partial charge >= 0.3 is 12.0 Å². The maximum Gasteiger partial charge on any atom is 0.344 e. The molecule has 2 aromatic rings. The van der Waals surface area contributed by atoms with Crippen molar-refractivity contribution in [2.24, 2.45) is 0 Å². The Morgan fingerprint density at radius 3 is 2.58 bits per heavy atom. The fraction of sp³-hybridized carbons (Fsp3) is 0.188. The van der Waals surface area contributed by atoms with Gasteiger partial charge in [0, 0.05) is 14.1 Å². The maximum absolute atomic E-state index is 11.7. The van der Waals surface area contributed by atoms with Crippen molar-refractivity contribution in [3.05, 3.63) is 47.5 Å². The first kappa shape index (κ1) is 17.5. The number of amides is 2. The minimum atomic E-state index is -1.21. The highest BCUT2D eigenvalue weighted by Crippen LogP contribution is 2.31. The van der Waals surface area contributed by atoms with E-state index in [2.05, 4.69) is 16.3 Å². The van der Waals surface area contributed by atoms with Gasteiger partial charge in [-0.05, 0) is 22.7 Å². The number of benzene rings is 1. The third kappa shape index (κ3) is 4.11. The van der Waals surface area contributed by atoms with Crippen LogP contribution in [-0.4, -0.2) is 40.5 Å². The largest absolute Gasteiger partial charge is 0.477 e. The van der Waals surface area contributed by atoms with Crippen molar-refractivity contribution < 1.29 is 19.4 Å². The van der Waals surface area contributed by atoms with Gasteiger partial charge in [0.25, 0.3) is 0 Å². The molecule has 7 nitrogen and oxygen atoms in total. The Balaban J connectivity index is 2.14. The average molecular weight is 347 g/mol. The van der Waals surface area contributed by atoms with Gasteiger partial charge in [0.15, 0.2) is 5.56 Å². The molecule has 2 amide bonds. The first-order valence-electron chi connectivity index (χ1n) is 6.97. The molecule has 0 atom stereocenters. The van der Waals surface area contributed by atoms with Crippen molar-refractivity contribution >= 4 is 34.6 Å². The van der Waals surface area contributed by atoms with Crippen LogP contribution < -0.4 is 10.1 Å². The molecule has 0 saturated carbocycles. The van der Waals surface area contributed by atoms with E-state index in [9.17, 15) is 14.7 Å². The first-order valence-corrected chi connectivity index (χ1v) is 7.75. The van der Waals surface area contributed by atoms with Crippen molar-refractivity contribution in [1.82, 2.24) is 9.27 Å². The predicted molar refractivity (Wildman–Crippen MR) is 92.6 cm³/mol. The van der Waals surface area contributed by atoms with Gasteiger partial charge in [0.05, 0.1) is 0 Å². The van der Waals surface area contributed by atoms with Crippen LogP contribution >= 0.6 is 11.5 Å². The summed E-state index contributed by atoms with van der Waals surface area (Å²) in [5, 5.41) is 12.0. The van der Waals surface area contributed by atoms with Crippen LogP contribution in [0.25, 0.3) is 6.08 Å². The van der Waals surface area contributed by atoms with Gasteiger partial charge in [-0.25, -0.2) is 9.59 Å². The number of hydrogen-bond acceptors (Lipinski definition) is 5. The lowest BCUT2D eigenvalue weighted by Gasteiger charge is -2.11. The molecule has 2 N–H and O–H groups in total. The van der Waals surface area contributed by atoms with Gasteiger partial charge in [-0.15, -0.1) is 0 Å². The number of nitrogens with one attached hydrogen (secondary N) is 1. The predicted octanol–water partition coefficient (Wildman–Crippen LogP) is 3.16. The normalized spacial score (nSPS) is 10.1. The third-order valence-corrected chi connectivity index (χ3v) is 3.84. The molecule has 0 saturated heterocycles. The number of hydrogen-bond donors (Lipinski definition) is 2. The molecule has 1 aromatic heterocycles. The molecule has 126 valence electrons. The smallest absolute Gasteiger partial charge is 0.344 e. The number of urea groups is 1. The second-order valence-corrected chi connectivity index (χ2v) is 5.83. The lowest BCUT2D eigenvalue weighted by molar-refractivity contribution is 0.0693. The molecule has 24 heavy (non-hydrogen) atoms. The highest BCUT2D eigenvalue weighted by molar-refractivity contribution is 7.11. The number of ether oxygens (including phenoxy) is 1. The van der Waals surface area contributed by atoms with Crippen molar-refractivity contribution in [1.29, 1.82) is 0 Å². The number of carbonyl (C=O) groups is 2. The van der Waals surface area contributed by atoms with Crippen LogP contribution in [0.1, 0.15) is 21.5 Å². The van der Waals surface area contributed by atoms with E-state index < -0.39 is 12.0 Å². The maximum atomic E-state index is 11.7. The summed E-state index contributed by atoms with van der Waals surface area (Å²) < 4.78 is 9.50. The minimum Gasteiger partial charge on any atom is -0.477 e. The first-order chi connectivity index (χ1) is 11.4. The lowest BCUT2D eigenvalue weighted by Crippen LogP contribution is -2.27. The van der Waals surface area contributed by atoms with Gasteiger partial charge in [-0.2, -0.15) is 4.37 Å². The van der Waals surface area contributed by atoms with Gasteiger partial charge in [-0.1, -0.05) is 36.9 Å². The van der Waals surface area contributed by atoms with Crippen LogP contribution in [0, 0.1) is 0 Å². The monoisotopic (exact) mass is 347 g/mol. The fourth-order valence-electron chi connectivity index (χ4n) is 1.76. The summed E-state index contributed by atoms with van der Waals surface area (Å²) in [6.07, 6.45) is 1.73. The number of aromatic carboxylic acids is 1. The van der Waals surface area contributed by atoms with Crippen LogP contribution in [-0.2, 0) is 6.61 Å². The van der Waals surface area contributed by atoms with Crippen LogP contribution in [0.3, 0.4) is 0 Å². The zero-order chi connectivity index (χ0) is 17.7. The second kappa shape index (κ2) is 7.60. The highest BCUT2D eigenvalue weighted by atomic mass is 32.1. The lowest BCUT2D eigenvalue weighted by atomic mass is 10.1. The molecule has 0 aliphatic rings. The van der Waals surface area contributed by atoms with E-state index >= 15 is 0 Å². The average Bonchev–Trinajstić information content (AvgIpc) is 2.96. The minimum absolute atomic E-state index is 0.0191. The number of carbonyl (C=O) groups excluding carboxylic acids is 1. The van der Waals surface area contributed by atoms with Gasteiger partial charge < -0.3 is 14.7 Å². The SMILES string of the molecule is C=Cc1ccc(COc2nsc(NC(=O)N(C)C)c2C(=O)O)cc1. The quantitative estimate of drug-likeness (QED) is 0.837. The molecule has 8 heteroatoms. The van der Waals surface area contributed by atoms with E-state index in [1.807, 2.05) is 24.3 Å². The molecular weight excluding hydrogens is 330 g/mol. The second-order valence-electron chi connectivity index (χ2n) is 5.06.